The van der Waals surface area contributed by atoms with Crippen LogP contribution in [0.5, 0.6) is 0 Å². The molecule has 2 aromatic rings. The van der Waals surface area contributed by atoms with Crippen molar-refractivity contribution < 1.29 is 4.39 Å². The van der Waals surface area contributed by atoms with E-state index >= 15 is 0 Å². The van der Waals surface area contributed by atoms with E-state index in [0.29, 0.717) is 0 Å². The number of hydrazine groups is 1. The number of allylic oxidation sites excluding steroid dienone is 1. The fraction of sp³-hybridized carbons (Fsp3) is 0.263. The van der Waals surface area contributed by atoms with Crippen molar-refractivity contribution in [1.29, 1.82) is 0 Å². The Morgan fingerprint density at radius 3 is 2.41 bits per heavy atom. The lowest BCUT2D eigenvalue weighted by molar-refractivity contribution is 0.627. The maximum Gasteiger partial charge on any atom is 0.123 e. The smallest absolute Gasteiger partial charge is 0.123 e. The summed E-state index contributed by atoms with van der Waals surface area (Å²) in [5.74, 6) is -0.198. The van der Waals surface area contributed by atoms with Crippen LogP contribution in [-0.4, -0.2) is 6.54 Å². The second-order valence-electron chi connectivity index (χ2n) is 5.60. The molecule has 1 heterocycles. The van der Waals surface area contributed by atoms with Crippen molar-refractivity contribution in [3.63, 3.8) is 0 Å². The number of rotatable bonds is 5. The zero-order valence-corrected chi connectivity index (χ0v) is 12.8. The second kappa shape index (κ2) is 6.65. The third kappa shape index (κ3) is 3.30. The molecule has 1 aliphatic rings. The van der Waals surface area contributed by atoms with Crippen LogP contribution in [0.2, 0.25) is 0 Å². The van der Waals surface area contributed by atoms with Gasteiger partial charge in [-0.05, 0) is 54.7 Å². The summed E-state index contributed by atoms with van der Waals surface area (Å²) in [6.45, 7) is 3.06. The summed E-state index contributed by atoms with van der Waals surface area (Å²) in [4.78, 5) is 0. The summed E-state index contributed by atoms with van der Waals surface area (Å²) in [6.07, 6.45) is 3.07. The van der Waals surface area contributed by atoms with E-state index in [1.165, 1.54) is 29.0 Å². The summed E-state index contributed by atoms with van der Waals surface area (Å²) in [7, 11) is 0. The van der Waals surface area contributed by atoms with E-state index in [1.807, 2.05) is 18.2 Å². The van der Waals surface area contributed by atoms with Gasteiger partial charge in [-0.3, -0.25) is 5.01 Å². The highest BCUT2D eigenvalue weighted by Crippen LogP contribution is 2.25. The van der Waals surface area contributed by atoms with Crippen molar-refractivity contribution in [2.45, 2.75) is 26.2 Å². The van der Waals surface area contributed by atoms with Gasteiger partial charge < -0.3 is 5.43 Å². The molecule has 114 valence electrons. The Bertz CT molecular complexity index is 647. The molecule has 0 atom stereocenters. The fourth-order valence-electron chi connectivity index (χ4n) is 2.82. The molecule has 0 saturated heterocycles. The van der Waals surface area contributed by atoms with Crippen LogP contribution < -0.4 is 10.4 Å². The van der Waals surface area contributed by atoms with Crippen LogP contribution >= 0.6 is 0 Å². The molecule has 0 bridgehead atoms. The largest absolute Gasteiger partial charge is 0.302 e. The van der Waals surface area contributed by atoms with E-state index in [4.69, 9.17) is 0 Å². The monoisotopic (exact) mass is 296 g/mol. The SMILES string of the molecule is CCC1=C(CCc2ccccc2)NN(c2ccc(F)cc2)C1. The molecular weight excluding hydrogens is 275 g/mol. The topological polar surface area (TPSA) is 15.3 Å². The minimum absolute atomic E-state index is 0.198. The molecule has 1 N–H and O–H groups in total. The normalized spacial score (nSPS) is 14.4. The predicted octanol–water partition coefficient (Wildman–Crippen LogP) is 4.45. The molecule has 22 heavy (non-hydrogen) atoms. The van der Waals surface area contributed by atoms with Crippen LogP contribution in [0.25, 0.3) is 0 Å². The van der Waals surface area contributed by atoms with Gasteiger partial charge in [0.2, 0.25) is 0 Å². The van der Waals surface area contributed by atoms with Gasteiger partial charge in [0.1, 0.15) is 5.82 Å². The summed E-state index contributed by atoms with van der Waals surface area (Å²) in [5.41, 5.74) is 8.58. The molecule has 0 aliphatic carbocycles. The molecule has 0 aromatic heterocycles. The maximum absolute atomic E-state index is 13.1. The summed E-state index contributed by atoms with van der Waals surface area (Å²) in [6, 6.07) is 17.2. The summed E-state index contributed by atoms with van der Waals surface area (Å²) >= 11 is 0. The van der Waals surface area contributed by atoms with Gasteiger partial charge in [0, 0.05) is 5.70 Å². The number of hydrogen-bond donors (Lipinski definition) is 1. The average molecular weight is 296 g/mol. The Balaban J connectivity index is 1.67. The first-order valence-corrected chi connectivity index (χ1v) is 7.81. The lowest BCUT2D eigenvalue weighted by Gasteiger charge is -2.20. The predicted molar refractivity (Wildman–Crippen MR) is 89.0 cm³/mol. The van der Waals surface area contributed by atoms with Crippen molar-refractivity contribution in [3.05, 3.63) is 77.2 Å². The van der Waals surface area contributed by atoms with Crippen LogP contribution in [0.4, 0.5) is 10.1 Å². The zero-order chi connectivity index (χ0) is 15.4. The van der Waals surface area contributed by atoms with Crippen LogP contribution in [0.15, 0.2) is 65.9 Å². The van der Waals surface area contributed by atoms with Crippen LogP contribution in [-0.2, 0) is 6.42 Å². The average Bonchev–Trinajstić information content (AvgIpc) is 2.98. The first-order chi connectivity index (χ1) is 10.8. The van der Waals surface area contributed by atoms with Gasteiger partial charge in [0.05, 0.1) is 12.2 Å². The molecule has 0 spiro atoms. The first-order valence-electron chi connectivity index (χ1n) is 7.81. The van der Waals surface area contributed by atoms with E-state index in [2.05, 4.69) is 41.6 Å². The van der Waals surface area contributed by atoms with Crippen molar-refractivity contribution in [2.24, 2.45) is 0 Å². The lowest BCUT2D eigenvalue weighted by atomic mass is 10.0. The van der Waals surface area contributed by atoms with Gasteiger partial charge in [-0.25, -0.2) is 4.39 Å². The van der Waals surface area contributed by atoms with Gasteiger partial charge in [-0.15, -0.1) is 0 Å². The maximum atomic E-state index is 13.1. The van der Waals surface area contributed by atoms with Crippen LogP contribution in [0.1, 0.15) is 25.3 Å². The number of hydrogen-bond acceptors (Lipinski definition) is 2. The molecule has 0 fully saturated rings. The molecule has 0 radical (unpaired) electrons. The number of halogens is 1. The molecule has 0 unspecified atom stereocenters. The van der Waals surface area contributed by atoms with Crippen molar-refractivity contribution in [3.8, 4) is 0 Å². The van der Waals surface area contributed by atoms with Crippen LogP contribution in [0.3, 0.4) is 0 Å². The Kier molecular flexibility index (Phi) is 4.42. The highest BCUT2D eigenvalue weighted by Gasteiger charge is 2.20. The zero-order valence-electron chi connectivity index (χ0n) is 12.8. The fourth-order valence-corrected chi connectivity index (χ4v) is 2.82. The van der Waals surface area contributed by atoms with Crippen molar-refractivity contribution in [1.82, 2.24) is 5.43 Å². The molecule has 0 saturated carbocycles. The summed E-state index contributed by atoms with van der Waals surface area (Å²) in [5, 5.41) is 2.10. The van der Waals surface area contributed by atoms with E-state index < -0.39 is 0 Å². The van der Waals surface area contributed by atoms with E-state index in [1.54, 1.807) is 0 Å². The second-order valence-corrected chi connectivity index (χ2v) is 5.60. The molecule has 2 aromatic carbocycles. The Hall–Kier alpha value is -2.29. The number of benzene rings is 2. The Labute approximate surface area is 131 Å². The number of aryl methyl sites for hydroxylation is 1. The minimum Gasteiger partial charge on any atom is -0.302 e. The summed E-state index contributed by atoms with van der Waals surface area (Å²) < 4.78 is 13.1. The first kappa shape index (κ1) is 14.6. The van der Waals surface area contributed by atoms with E-state index in [9.17, 15) is 4.39 Å². The van der Waals surface area contributed by atoms with Gasteiger partial charge in [0.25, 0.3) is 0 Å². The number of nitrogens with one attached hydrogen (secondary N) is 1. The molecule has 3 heteroatoms. The van der Waals surface area contributed by atoms with Gasteiger partial charge in [0.15, 0.2) is 0 Å². The quantitative estimate of drug-likeness (QED) is 0.877. The molecule has 3 rings (SSSR count). The molecular formula is C19H21FN2. The Morgan fingerprint density at radius 1 is 1.00 bits per heavy atom. The van der Waals surface area contributed by atoms with Gasteiger partial charge >= 0.3 is 0 Å². The van der Waals surface area contributed by atoms with Crippen molar-refractivity contribution in [2.75, 3.05) is 11.6 Å². The molecule has 1 aliphatic heterocycles. The standard InChI is InChI=1S/C19H21FN2/c1-2-16-14-22(18-11-9-17(20)10-12-18)21-19(16)13-8-15-6-4-3-5-7-15/h3-7,9-12,21H,2,8,13-14H2,1H3. The number of anilines is 1. The third-order valence-corrected chi connectivity index (χ3v) is 4.12. The highest BCUT2D eigenvalue weighted by atomic mass is 19.1. The van der Waals surface area contributed by atoms with Crippen LogP contribution in [0, 0.1) is 5.82 Å². The number of nitrogens with zero attached hydrogens (tertiary/aromatic N) is 1. The van der Waals surface area contributed by atoms with E-state index in [-0.39, 0.29) is 5.82 Å². The molecule has 0 amide bonds. The highest BCUT2D eigenvalue weighted by molar-refractivity contribution is 5.50. The lowest BCUT2D eigenvalue weighted by Crippen LogP contribution is -2.32. The van der Waals surface area contributed by atoms with E-state index in [0.717, 1.165) is 31.5 Å². The van der Waals surface area contributed by atoms with Gasteiger partial charge in [-0.1, -0.05) is 37.3 Å². The van der Waals surface area contributed by atoms with Crippen molar-refractivity contribution >= 4 is 5.69 Å². The minimum atomic E-state index is -0.198. The van der Waals surface area contributed by atoms with Gasteiger partial charge in [-0.2, -0.15) is 0 Å². The molecule has 2 nitrogen and oxygen atoms in total. The Morgan fingerprint density at radius 2 is 1.73 bits per heavy atom. The third-order valence-electron chi connectivity index (χ3n) is 4.12.